The van der Waals surface area contributed by atoms with Gasteiger partial charge in [-0.25, -0.2) is 0 Å². The fourth-order valence-corrected chi connectivity index (χ4v) is 2.97. The molecule has 1 fully saturated rings. The van der Waals surface area contributed by atoms with Crippen molar-refractivity contribution in [2.45, 2.75) is 25.9 Å². The van der Waals surface area contributed by atoms with Crippen LogP contribution in [0.1, 0.15) is 31.4 Å². The van der Waals surface area contributed by atoms with Crippen LogP contribution in [0.15, 0.2) is 22.7 Å². The third-order valence-electron chi connectivity index (χ3n) is 3.80. The van der Waals surface area contributed by atoms with Crippen LogP contribution in [0, 0.1) is 0 Å². The highest BCUT2D eigenvalue weighted by Gasteiger charge is 2.15. The van der Waals surface area contributed by atoms with Crippen LogP contribution in [0.2, 0.25) is 0 Å². The number of anilines is 1. The minimum Gasteiger partial charge on any atom is -0.389 e. The number of hydrogen-bond donors (Lipinski definition) is 1. The summed E-state index contributed by atoms with van der Waals surface area (Å²) in [6.07, 6.45) is 2.23. The van der Waals surface area contributed by atoms with Gasteiger partial charge in [0.05, 0.1) is 6.10 Å². The highest BCUT2D eigenvalue weighted by Crippen LogP contribution is 2.29. The molecule has 1 aromatic carbocycles. The van der Waals surface area contributed by atoms with Crippen LogP contribution in [-0.4, -0.2) is 43.2 Å². The van der Waals surface area contributed by atoms with E-state index in [2.05, 4.69) is 38.8 Å². The van der Waals surface area contributed by atoms with Gasteiger partial charge < -0.3 is 14.9 Å². The van der Waals surface area contributed by atoms with Gasteiger partial charge in [-0.1, -0.05) is 22.0 Å². The van der Waals surface area contributed by atoms with Crippen LogP contribution < -0.4 is 4.90 Å². The molecular weight excluding hydrogens is 304 g/mol. The molecule has 3 nitrogen and oxygen atoms in total. The Morgan fingerprint density at radius 3 is 2.68 bits per heavy atom. The summed E-state index contributed by atoms with van der Waals surface area (Å²) in [6.45, 7) is 6.38. The second kappa shape index (κ2) is 6.73. The number of hydrogen-bond acceptors (Lipinski definition) is 3. The summed E-state index contributed by atoms with van der Waals surface area (Å²) in [4.78, 5) is 4.75. The Morgan fingerprint density at radius 2 is 2.05 bits per heavy atom. The molecule has 1 atom stereocenters. The third-order valence-corrected chi connectivity index (χ3v) is 4.30. The molecule has 1 N–H and O–H groups in total. The van der Waals surface area contributed by atoms with Gasteiger partial charge in [-0.05, 0) is 45.0 Å². The summed E-state index contributed by atoms with van der Waals surface area (Å²) in [5.41, 5.74) is 2.11. The fraction of sp³-hybridized carbons (Fsp3) is 0.600. The van der Waals surface area contributed by atoms with Crippen molar-refractivity contribution >= 4 is 21.6 Å². The number of halogens is 1. The number of likely N-dealkylation sites (tertiary alicyclic amines) is 1. The first kappa shape index (κ1) is 14.8. The molecule has 4 heteroatoms. The second-order valence-electron chi connectivity index (χ2n) is 5.35. The maximum atomic E-state index is 9.87. The monoisotopic (exact) mass is 326 g/mol. The average Bonchev–Trinajstić information content (AvgIpc) is 2.88. The first-order chi connectivity index (χ1) is 9.08. The number of benzene rings is 1. The van der Waals surface area contributed by atoms with E-state index in [1.165, 1.54) is 25.9 Å². The van der Waals surface area contributed by atoms with Crippen LogP contribution >= 0.6 is 15.9 Å². The summed E-state index contributed by atoms with van der Waals surface area (Å²) in [7, 11) is 2.10. The zero-order valence-corrected chi connectivity index (χ0v) is 13.4. The summed E-state index contributed by atoms with van der Waals surface area (Å²) < 4.78 is 1.06. The number of rotatable bonds is 5. The van der Waals surface area contributed by atoms with Crippen molar-refractivity contribution in [2.24, 2.45) is 0 Å². The second-order valence-corrected chi connectivity index (χ2v) is 6.27. The molecule has 1 saturated heterocycles. The predicted octanol–water partition coefficient (Wildman–Crippen LogP) is 3.03. The van der Waals surface area contributed by atoms with E-state index in [0.717, 1.165) is 28.8 Å². The van der Waals surface area contributed by atoms with Crippen LogP contribution in [0.3, 0.4) is 0 Å². The van der Waals surface area contributed by atoms with E-state index < -0.39 is 6.10 Å². The molecule has 19 heavy (non-hydrogen) atoms. The number of aliphatic hydroxyl groups is 1. The Hall–Kier alpha value is -0.580. The number of nitrogens with zero attached hydrogens (tertiary/aromatic N) is 2. The van der Waals surface area contributed by atoms with Gasteiger partial charge >= 0.3 is 0 Å². The van der Waals surface area contributed by atoms with Gasteiger partial charge in [0, 0.05) is 35.9 Å². The zero-order chi connectivity index (χ0) is 13.8. The molecule has 1 heterocycles. The maximum absolute atomic E-state index is 9.87. The van der Waals surface area contributed by atoms with E-state index in [-0.39, 0.29) is 0 Å². The van der Waals surface area contributed by atoms with E-state index in [4.69, 9.17) is 0 Å². The standard InChI is InChI=1S/C15H23BrN2O/c1-12(19)14-6-5-13(16)11-15(14)17(2)9-10-18-7-3-4-8-18/h5-6,11-12,19H,3-4,7-10H2,1-2H3. The van der Waals surface area contributed by atoms with Crippen molar-refractivity contribution < 1.29 is 5.11 Å². The smallest absolute Gasteiger partial charge is 0.0782 e. The lowest BCUT2D eigenvalue weighted by atomic mass is 10.1. The Balaban J connectivity index is 2.04. The normalized spacial score (nSPS) is 17.7. The Bertz CT molecular complexity index is 417. The van der Waals surface area contributed by atoms with Gasteiger partial charge in [0.2, 0.25) is 0 Å². The molecule has 1 aliphatic heterocycles. The summed E-state index contributed by atoms with van der Waals surface area (Å²) in [5.74, 6) is 0. The first-order valence-electron chi connectivity index (χ1n) is 6.99. The fourth-order valence-electron chi connectivity index (χ4n) is 2.62. The molecule has 1 aliphatic rings. The van der Waals surface area contributed by atoms with Crippen molar-refractivity contribution in [3.63, 3.8) is 0 Å². The lowest BCUT2D eigenvalue weighted by Gasteiger charge is -2.26. The van der Waals surface area contributed by atoms with E-state index in [0.29, 0.717) is 0 Å². The van der Waals surface area contributed by atoms with Crippen LogP contribution in [0.25, 0.3) is 0 Å². The Kier molecular flexibility index (Phi) is 5.25. The molecule has 0 amide bonds. The van der Waals surface area contributed by atoms with Crippen molar-refractivity contribution in [3.8, 4) is 0 Å². The summed E-state index contributed by atoms with van der Waals surface area (Å²) >= 11 is 3.51. The van der Waals surface area contributed by atoms with Crippen LogP contribution in [0.4, 0.5) is 5.69 Å². The van der Waals surface area contributed by atoms with Crippen molar-refractivity contribution in [1.82, 2.24) is 4.90 Å². The molecule has 1 aromatic rings. The molecule has 106 valence electrons. The largest absolute Gasteiger partial charge is 0.389 e. The third kappa shape index (κ3) is 3.94. The minimum atomic E-state index is -0.433. The lowest BCUT2D eigenvalue weighted by Crippen LogP contribution is -2.32. The molecular formula is C15H23BrN2O. The maximum Gasteiger partial charge on any atom is 0.0782 e. The topological polar surface area (TPSA) is 26.7 Å². The molecule has 0 bridgehead atoms. The first-order valence-corrected chi connectivity index (χ1v) is 7.78. The summed E-state index contributed by atoms with van der Waals surface area (Å²) in [6, 6.07) is 6.07. The molecule has 0 radical (unpaired) electrons. The van der Waals surface area contributed by atoms with Gasteiger partial charge in [-0.2, -0.15) is 0 Å². The van der Waals surface area contributed by atoms with Gasteiger partial charge in [0.25, 0.3) is 0 Å². The molecule has 0 aliphatic carbocycles. The van der Waals surface area contributed by atoms with E-state index >= 15 is 0 Å². The highest BCUT2D eigenvalue weighted by atomic mass is 79.9. The molecule has 0 saturated carbocycles. The molecule has 0 spiro atoms. The Labute approximate surface area is 124 Å². The zero-order valence-electron chi connectivity index (χ0n) is 11.8. The minimum absolute atomic E-state index is 0.433. The quantitative estimate of drug-likeness (QED) is 0.900. The van der Waals surface area contributed by atoms with Crippen molar-refractivity contribution in [1.29, 1.82) is 0 Å². The van der Waals surface area contributed by atoms with Gasteiger partial charge in [-0.15, -0.1) is 0 Å². The Morgan fingerprint density at radius 1 is 1.37 bits per heavy atom. The predicted molar refractivity (Wildman–Crippen MR) is 83.7 cm³/mol. The number of aliphatic hydroxyl groups excluding tert-OH is 1. The van der Waals surface area contributed by atoms with E-state index in [1.54, 1.807) is 0 Å². The van der Waals surface area contributed by atoms with Gasteiger partial charge in [-0.3, -0.25) is 0 Å². The van der Waals surface area contributed by atoms with E-state index in [1.807, 2.05) is 19.1 Å². The van der Waals surface area contributed by atoms with Gasteiger partial charge in [0.1, 0.15) is 0 Å². The van der Waals surface area contributed by atoms with E-state index in [9.17, 15) is 5.11 Å². The molecule has 1 unspecified atom stereocenters. The lowest BCUT2D eigenvalue weighted by molar-refractivity contribution is 0.199. The highest BCUT2D eigenvalue weighted by molar-refractivity contribution is 9.10. The molecule has 2 rings (SSSR count). The van der Waals surface area contributed by atoms with Crippen LogP contribution in [0.5, 0.6) is 0 Å². The van der Waals surface area contributed by atoms with Crippen LogP contribution in [-0.2, 0) is 0 Å². The molecule has 0 aromatic heterocycles. The van der Waals surface area contributed by atoms with Gasteiger partial charge in [0.15, 0.2) is 0 Å². The number of likely N-dealkylation sites (N-methyl/N-ethyl adjacent to an activating group) is 1. The van der Waals surface area contributed by atoms with Crippen molar-refractivity contribution in [2.75, 3.05) is 38.1 Å². The SMILES string of the molecule is CC(O)c1ccc(Br)cc1N(C)CCN1CCCC1. The van der Waals surface area contributed by atoms with Crippen molar-refractivity contribution in [3.05, 3.63) is 28.2 Å². The summed E-state index contributed by atoms with van der Waals surface area (Å²) in [5, 5.41) is 9.87. The average molecular weight is 327 g/mol.